The molecule has 0 radical (unpaired) electrons. The van der Waals surface area contributed by atoms with Crippen molar-refractivity contribution in [1.29, 1.82) is 0 Å². The van der Waals surface area contributed by atoms with Gasteiger partial charge in [-0.2, -0.15) is 4.36 Å². The standard InChI is InChI=1S/C21H26N4OS/c1-13(2)19-10-9-16(12-23-19)27(22)25-21(26)24-20-17-7-3-5-14(17)11-15-6-4-8-18(15)20/h9-13H,3-8H2,1-2H3,(H3,22,24,25,26). The maximum absolute atomic E-state index is 12.6. The Bertz CT molecular complexity index is 887. The summed E-state index contributed by atoms with van der Waals surface area (Å²) < 4.78 is 4.18. The summed E-state index contributed by atoms with van der Waals surface area (Å²) in [4.78, 5) is 17.8. The minimum Gasteiger partial charge on any atom is -0.305 e. The fraction of sp³-hybridized carbons (Fsp3) is 0.429. The predicted octanol–water partition coefficient (Wildman–Crippen LogP) is 4.45. The zero-order chi connectivity index (χ0) is 19.0. The molecule has 5 nitrogen and oxygen atoms in total. The Hall–Kier alpha value is -2.05. The van der Waals surface area contributed by atoms with Gasteiger partial charge in [-0.1, -0.05) is 19.9 Å². The number of rotatable bonds is 3. The molecule has 1 unspecified atom stereocenters. The molecule has 1 aromatic heterocycles. The predicted molar refractivity (Wildman–Crippen MR) is 110 cm³/mol. The Morgan fingerprint density at radius 2 is 1.81 bits per heavy atom. The van der Waals surface area contributed by atoms with Gasteiger partial charge in [-0.25, -0.2) is 4.79 Å². The van der Waals surface area contributed by atoms with Gasteiger partial charge in [0.15, 0.2) is 0 Å². The Morgan fingerprint density at radius 3 is 2.37 bits per heavy atom. The molecule has 3 N–H and O–H groups in total. The van der Waals surface area contributed by atoms with Crippen LogP contribution in [0.25, 0.3) is 0 Å². The normalized spacial score (nSPS) is 16.4. The number of hydrogen-bond donors (Lipinski definition) is 2. The number of hydrogen-bond acceptors (Lipinski definition) is 2. The van der Waals surface area contributed by atoms with Gasteiger partial charge in [-0.15, -0.1) is 0 Å². The third-order valence-corrected chi connectivity index (χ3v) is 6.57. The van der Waals surface area contributed by atoms with Crippen LogP contribution in [0.15, 0.2) is 33.7 Å². The molecule has 0 spiro atoms. The van der Waals surface area contributed by atoms with E-state index in [1.165, 1.54) is 22.3 Å². The second kappa shape index (κ2) is 7.52. The molecule has 0 saturated heterocycles. The molecule has 4 rings (SSSR count). The second-order valence-electron chi connectivity index (χ2n) is 7.64. The van der Waals surface area contributed by atoms with E-state index in [0.717, 1.165) is 54.8 Å². The van der Waals surface area contributed by atoms with E-state index in [4.69, 9.17) is 5.14 Å². The zero-order valence-corrected chi connectivity index (χ0v) is 16.7. The number of aryl methyl sites for hydroxylation is 2. The van der Waals surface area contributed by atoms with Gasteiger partial charge in [-0.3, -0.25) is 10.1 Å². The summed E-state index contributed by atoms with van der Waals surface area (Å²) in [6.45, 7) is 4.19. The number of aromatic nitrogens is 1. The highest BCUT2D eigenvalue weighted by Crippen LogP contribution is 2.38. The van der Waals surface area contributed by atoms with Crippen LogP contribution in [0.5, 0.6) is 0 Å². The number of fused-ring (bicyclic) bond motifs is 2. The van der Waals surface area contributed by atoms with Gasteiger partial charge in [0.1, 0.15) is 0 Å². The number of nitrogens with zero attached hydrogens (tertiary/aromatic N) is 2. The third kappa shape index (κ3) is 3.69. The summed E-state index contributed by atoms with van der Waals surface area (Å²) in [5, 5.41) is 9.24. The van der Waals surface area contributed by atoms with Crippen molar-refractivity contribution in [2.75, 3.05) is 5.32 Å². The first-order valence-corrected chi connectivity index (χ1v) is 10.9. The molecule has 1 heterocycles. The van der Waals surface area contributed by atoms with Crippen molar-refractivity contribution in [2.24, 2.45) is 9.50 Å². The Morgan fingerprint density at radius 1 is 1.15 bits per heavy atom. The number of anilines is 1. The molecule has 1 aromatic carbocycles. The summed E-state index contributed by atoms with van der Waals surface area (Å²) in [5.74, 6) is 0.362. The number of nitrogens with two attached hydrogens (primary N) is 1. The molecule has 2 aromatic rings. The van der Waals surface area contributed by atoms with E-state index in [2.05, 4.69) is 34.6 Å². The molecule has 0 bridgehead atoms. The minimum absolute atomic E-state index is 0.358. The van der Waals surface area contributed by atoms with E-state index >= 15 is 0 Å². The van der Waals surface area contributed by atoms with Crippen molar-refractivity contribution in [3.8, 4) is 0 Å². The number of benzene rings is 1. The topological polar surface area (TPSA) is 80.4 Å². The Labute approximate surface area is 163 Å². The molecule has 0 aliphatic heterocycles. The van der Waals surface area contributed by atoms with Crippen LogP contribution < -0.4 is 10.5 Å². The van der Waals surface area contributed by atoms with Gasteiger partial charge in [0.2, 0.25) is 0 Å². The highest BCUT2D eigenvalue weighted by Gasteiger charge is 2.24. The van der Waals surface area contributed by atoms with E-state index in [1.807, 2.05) is 12.1 Å². The van der Waals surface area contributed by atoms with Crippen molar-refractivity contribution < 1.29 is 4.79 Å². The van der Waals surface area contributed by atoms with Gasteiger partial charge in [0.25, 0.3) is 0 Å². The molecule has 2 amide bonds. The van der Waals surface area contributed by atoms with Gasteiger partial charge >= 0.3 is 6.03 Å². The summed E-state index contributed by atoms with van der Waals surface area (Å²) >= 11 is 0. The fourth-order valence-corrected chi connectivity index (χ4v) is 4.79. The summed E-state index contributed by atoms with van der Waals surface area (Å²) in [5.41, 5.74) is 7.42. The molecule has 2 aliphatic carbocycles. The molecule has 0 saturated carbocycles. The molecule has 27 heavy (non-hydrogen) atoms. The van der Waals surface area contributed by atoms with Crippen LogP contribution in [0, 0.1) is 0 Å². The highest BCUT2D eigenvalue weighted by atomic mass is 32.2. The number of carbonyl (C=O) groups is 1. The van der Waals surface area contributed by atoms with Crippen LogP contribution >= 0.6 is 0 Å². The molecule has 0 fully saturated rings. The first-order chi connectivity index (χ1) is 13.0. The summed E-state index contributed by atoms with van der Waals surface area (Å²) in [6, 6.07) is 5.87. The summed E-state index contributed by atoms with van der Waals surface area (Å²) in [6.07, 6.45) is 8.34. The zero-order valence-electron chi connectivity index (χ0n) is 15.9. The van der Waals surface area contributed by atoms with Gasteiger partial charge < -0.3 is 5.32 Å². The maximum Gasteiger partial charge on any atom is 0.352 e. The third-order valence-electron chi connectivity index (χ3n) is 5.48. The van der Waals surface area contributed by atoms with E-state index in [0.29, 0.717) is 5.92 Å². The van der Waals surface area contributed by atoms with Crippen LogP contribution in [-0.4, -0.2) is 11.0 Å². The van der Waals surface area contributed by atoms with E-state index in [1.54, 1.807) is 6.20 Å². The van der Waals surface area contributed by atoms with Crippen LogP contribution in [0.3, 0.4) is 0 Å². The van der Waals surface area contributed by atoms with E-state index in [9.17, 15) is 4.79 Å². The quantitative estimate of drug-likeness (QED) is 0.823. The van der Waals surface area contributed by atoms with E-state index in [-0.39, 0.29) is 6.03 Å². The monoisotopic (exact) mass is 382 g/mol. The number of pyridine rings is 1. The minimum atomic E-state index is -1.00. The van der Waals surface area contributed by atoms with Crippen LogP contribution in [0.2, 0.25) is 0 Å². The lowest BCUT2D eigenvalue weighted by atomic mass is 9.99. The highest BCUT2D eigenvalue weighted by molar-refractivity contribution is 7.85. The molecule has 6 heteroatoms. The average molecular weight is 383 g/mol. The first kappa shape index (κ1) is 18.3. The molecular weight excluding hydrogens is 356 g/mol. The SMILES string of the molecule is CC(C)c1ccc(S(N)=NC(=O)Nc2c3c(cc4c2CCC4)CCC3)cn1. The van der Waals surface area contributed by atoms with Gasteiger partial charge in [0, 0.05) is 28.5 Å². The van der Waals surface area contributed by atoms with Crippen molar-refractivity contribution >= 4 is 22.6 Å². The van der Waals surface area contributed by atoms with Crippen molar-refractivity contribution in [2.45, 2.75) is 63.2 Å². The van der Waals surface area contributed by atoms with Crippen LogP contribution in [0.1, 0.15) is 60.6 Å². The van der Waals surface area contributed by atoms with Crippen molar-refractivity contribution in [3.63, 3.8) is 0 Å². The lowest BCUT2D eigenvalue weighted by Gasteiger charge is -2.15. The van der Waals surface area contributed by atoms with Gasteiger partial charge in [-0.05, 0) is 78.8 Å². The van der Waals surface area contributed by atoms with Crippen molar-refractivity contribution in [3.05, 3.63) is 52.3 Å². The van der Waals surface area contributed by atoms with Crippen LogP contribution in [-0.2, 0) is 36.6 Å². The Kier molecular flexibility index (Phi) is 5.10. The van der Waals surface area contributed by atoms with Crippen molar-refractivity contribution in [1.82, 2.24) is 4.98 Å². The maximum atomic E-state index is 12.6. The largest absolute Gasteiger partial charge is 0.352 e. The lowest BCUT2D eigenvalue weighted by molar-refractivity contribution is 0.260. The lowest BCUT2D eigenvalue weighted by Crippen LogP contribution is -2.15. The number of amides is 2. The number of nitrogens with one attached hydrogen (secondary N) is 1. The summed E-state index contributed by atoms with van der Waals surface area (Å²) in [7, 11) is -1.00. The van der Waals surface area contributed by atoms with Gasteiger partial charge in [0.05, 0.1) is 4.90 Å². The average Bonchev–Trinajstić information content (AvgIpc) is 3.30. The first-order valence-electron chi connectivity index (χ1n) is 9.67. The van der Waals surface area contributed by atoms with Crippen LogP contribution in [0.4, 0.5) is 10.5 Å². The molecule has 142 valence electrons. The molecule has 1 atom stereocenters. The Balaban J connectivity index is 1.57. The molecule has 2 aliphatic rings. The smallest absolute Gasteiger partial charge is 0.305 e. The second-order valence-corrected chi connectivity index (χ2v) is 8.93. The fourth-order valence-electron chi connectivity index (χ4n) is 4.10. The molecular formula is C21H26N4OS. The number of urea groups is 1. The van der Waals surface area contributed by atoms with E-state index < -0.39 is 10.9 Å². The number of carbonyl (C=O) groups excluding carboxylic acids is 1.